The quantitative estimate of drug-likeness (QED) is 0.354. The fraction of sp³-hybridized carbons (Fsp3) is 0.261. The number of carbonyl (C=O) groups is 3. The summed E-state index contributed by atoms with van der Waals surface area (Å²) in [5.41, 5.74) is 1.13. The van der Waals surface area contributed by atoms with Crippen LogP contribution in [0, 0.1) is 17.3 Å². The zero-order valence-corrected chi connectivity index (χ0v) is 16.1. The van der Waals surface area contributed by atoms with Gasteiger partial charge >= 0.3 is 5.97 Å². The van der Waals surface area contributed by atoms with Gasteiger partial charge < -0.3 is 4.74 Å². The maximum Gasteiger partial charge on any atom is 0.311 e. The van der Waals surface area contributed by atoms with Crippen LogP contribution in [0.5, 0.6) is 0 Å². The fourth-order valence-electron chi connectivity index (χ4n) is 2.77. The molecule has 0 saturated heterocycles. The number of amides is 2. The first-order chi connectivity index (χ1) is 13.3. The van der Waals surface area contributed by atoms with Crippen molar-refractivity contribution >= 4 is 23.5 Å². The minimum absolute atomic E-state index is 0.182. The Labute approximate surface area is 164 Å². The third-order valence-corrected chi connectivity index (χ3v) is 4.22. The number of benzene rings is 2. The first-order valence-electron chi connectivity index (χ1n) is 9.03. The molecule has 28 heavy (non-hydrogen) atoms. The van der Waals surface area contributed by atoms with Crippen LogP contribution in [-0.2, 0) is 9.53 Å². The molecule has 142 valence electrons. The normalized spacial score (nSPS) is 13.0. The lowest BCUT2D eigenvalue weighted by Gasteiger charge is -2.15. The van der Waals surface area contributed by atoms with Gasteiger partial charge in [-0.05, 0) is 45.0 Å². The van der Waals surface area contributed by atoms with Gasteiger partial charge in [0.05, 0.1) is 22.2 Å². The molecule has 0 unspecified atom stereocenters. The number of imide groups is 1. The number of para-hydroxylation sites is 1. The highest BCUT2D eigenvalue weighted by Crippen LogP contribution is 2.30. The summed E-state index contributed by atoms with van der Waals surface area (Å²) in [5, 5.41) is 0. The van der Waals surface area contributed by atoms with Crippen molar-refractivity contribution in [1.29, 1.82) is 0 Å². The molecule has 0 aliphatic carbocycles. The number of hydrogen-bond acceptors (Lipinski definition) is 4. The minimum Gasteiger partial charge on any atom is -0.464 e. The van der Waals surface area contributed by atoms with E-state index >= 15 is 0 Å². The Kier molecular flexibility index (Phi) is 5.32. The average molecular weight is 375 g/mol. The van der Waals surface area contributed by atoms with Crippen LogP contribution in [0.2, 0.25) is 0 Å². The molecule has 0 atom stereocenters. The number of esters is 1. The molecule has 1 heterocycles. The number of nitrogens with zero attached hydrogens (tertiary/aromatic N) is 1. The molecule has 0 radical (unpaired) electrons. The van der Waals surface area contributed by atoms with Crippen LogP contribution >= 0.6 is 0 Å². The fourth-order valence-corrected chi connectivity index (χ4v) is 2.77. The second kappa shape index (κ2) is 7.69. The summed E-state index contributed by atoms with van der Waals surface area (Å²) in [6.07, 6.45) is 0.343. The van der Waals surface area contributed by atoms with E-state index in [1.807, 2.05) is 6.07 Å². The van der Waals surface area contributed by atoms with Crippen molar-refractivity contribution in [3.63, 3.8) is 0 Å². The van der Waals surface area contributed by atoms with E-state index in [4.69, 9.17) is 4.74 Å². The maximum absolute atomic E-state index is 12.9. The molecule has 0 saturated carbocycles. The summed E-state index contributed by atoms with van der Waals surface area (Å²) in [5.74, 6) is 4.84. The molecule has 3 rings (SSSR count). The van der Waals surface area contributed by atoms with Gasteiger partial charge in [-0.25, -0.2) is 4.90 Å². The van der Waals surface area contributed by atoms with Gasteiger partial charge in [-0.15, -0.1) is 0 Å². The lowest BCUT2D eigenvalue weighted by molar-refractivity contribution is -0.152. The van der Waals surface area contributed by atoms with Gasteiger partial charge in [0, 0.05) is 12.0 Å². The van der Waals surface area contributed by atoms with E-state index in [1.165, 1.54) is 4.90 Å². The Balaban J connectivity index is 1.77. The smallest absolute Gasteiger partial charge is 0.311 e. The van der Waals surface area contributed by atoms with Crippen molar-refractivity contribution in [3.05, 3.63) is 65.2 Å². The van der Waals surface area contributed by atoms with Gasteiger partial charge in [-0.1, -0.05) is 36.1 Å². The molecule has 0 bridgehead atoms. The molecule has 5 nitrogen and oxygen atoms in total. The Morgan fingerprint density at radius 1 is 1.00 bits per heavy atom. The van der Waals surface area contributed by atoms with Crippen molar-refractivity contribution < 1.29 is 19.1 Å². The van der Waals surface area contributed by atoms with Crippen molar-refractivity contribution in [1.82, 2.24) is 0 Å². The molecular formula is C23H21NO4. The Morgan fingerprint density at radius 3 is 2.39 bits per heavy atom. The first kappa shape index (κ1) is 19.4. The van der Waals surface area contributed by atoms with E-state index in [0.717, 1.165) is 0 Å². The minimum atomic E-state index is -0.554. The molecule has 0 spiro atoms. The van der Waals surface area contributed by atoms with E-state index < -0.39 is 5.41 Å². The van der Waals surface area contributed by atoms with E-state index in [9.17, 15) is 14.4 Å². The zero-order valence-electron chi connectivity index (χ0n) is 16.1. The van der Waals surface area contributed by atoms with Crippen LogP contribution in [0.1, 0.15) is 53.5 Å². The summed E-state index contributed by atoms with van der Waals surface area (Å²) in [6.45, 7) is 5.54. The molecule has 1 aliphatic rings. The molecule has 2 aromatic carbocycles. The SMILES string of the molecule is CC(C)(C)C(=O)OCCC#Cc1cccc2c1C(=O)N(c1ccccc1)C2=O. The summed E-state index contributed by atoms with van der Waals surface area (Å²) in [4.78, 5) is 38.5. The lowest BCUT2D eigenvalue weighted by atomic mass is 9.97. The van der Waals surface area contributed by atoms with E-state index in [0.29, 0.717) is 28.8 Å². The highest BCUT2D eigenvalue weighted by molar-refractivity contribution is 6.35. The van der Waals surface area contributed by atoms with E-state index in [-0.39, 0.29) is 24.4 Å². The number of anilines is 1. The summed E-state index contributed by atoms with van der Waals surface area (Å²) in [6, 6.07) is 13.9. The molecule has 0 fully saturated rings. The van der Waals surface area contributed by atoms with Crippen LogP contribution < -0.4 is 4.90 Å². The molecule has 2 aromatic rings. The van der Waals surface area contributed by atoms with Crippen molar-refractivity contribution in [2.24, 2.45) is 5.41 Å². The molecule has 0 aromatic heterocycles. The van der Waals surface area contributed by atoms with E-state index in [2.05, 4.69) is 11.8 Å². The highest BCUT2D eigenvalue weighted by Gasteiger charge is 2.38. The van der Waals surface area contributed by atoms with Crippen molar-refractivity contribution in [2.75, 3.05) is 11.5 Å². The van der Waals surface area contributed by atoms with Gasteiger partial charge in [-0.2, -0.15) is 0 Å². The van der Waals surface area contributed by atoms with Gasteiger partial charge in [-0.3, -0.25) is 14.4 Å². The summed E-state index contributed by atoms with van der Waals surface area (Å²) >= 11 is 0. The van der Waals surface area contributed by atoms with Crippen LogP contribution in [-0.4, -0.2) is 24.4 Å². The standard InChI is InChI=1S/C23H21NO4/c1-23(2,3)22(27)28-15-8-7-10-16-11-9-14-18-19(16)21(26)24(20(18)25)17-12-5-4-6-13-17/h4-6,9,11-14H,8,15H2,1-3H3. The largest absolute Gasteiger partial charge is 0.464 e. The topological polar surface area (TPSA) is 63.7 Å². The Bertz CT molecular complexity index is 991. The molecule has 0 N–H and O–H groups in total. The van der Waals surface area contributed by atoms with Gasteiger partial charge in [0.15, 0.2) is 0 Å². The van der Waals surface area contributed by atoms with Crippen molar-refractivity contribution in [2.45, 2.75) is 27.2 Å². The number of fused-ring (bicyclic) bond motifs is 1. The van der Waals surface area contributed by atoms with Crippen molar-refractivity contribution in [3.8, 4) is 11.8 Å². The highest BCUT2D eigenvalue weighted by atomic mass is 16.5. The predicted octanol–water partition coefficient (Wildman–Crippen LogP) is 3.82. The second-order valence-electron chi connectivity index (χ2n) is 7.45. The van der Waals surface area contributed by atoms with Gasteiger partial charge in [0.2, 0.25) is 0 Å². The summed E-state index contributed by atoms with van der Waals surface area (Å²) < 4.78 is 5.18. The first-order valence-corrected chi connectivity index (χ1v) is 9.03. The van der Waals surface area contributed by atoms with Gasteiger partial charge in [0.1, 0.15) is 6.61 Å². The lowest BCUT2D eigenvalue weighted by Crippen LogP contribution is -2.29. The van der Waals surface area contributed by atoms with E-state index in [1.54, 1.807) is 63.2 Å². The number of ether oxygens (including phenoxy) is 1. The number of carbonyl (C=O) groups excluding carboxylic acids is 3. The van der Waals surface area contributed by atoms with Crippen LogP contribution in [0.4, 0.5) is 5.69 Å². The average Bonchev–Trinajstić information content (AvgIpc) is 2.92. The maximum atomic E-state index is 12.9. The second-order valence-corrected chi connectivity index (χ2v) is 7.45. The monoisotopic (exact) mass is 375 g/mol. The van der Waals surface area contributed by atoms with Crippen LogP contribution in [0.15, 0.2) is 48.5 Å². The zero-order chi connectivity index (χ0) is 20.3. The third kappa shape index (κ3) is 3.81. The Morgan fingerprint density at radius 2 is 1.71 bits per heavy atom. The van der Waals surface area contributed by atoms with Crippen LogP contribution in [0.3, 0.4) is 0 Å². The predicted molar refractivity (Wildman–Crippen MR) is 106 cm³/mol. The number of rotatable bonds is 3. The van der Waals surface area contributed by atoms with Gasteiger partial charge in [0.25, 0.3) is 11.8 Å². The molecular weight excluding hydrogens is 354 g/mol. The molecule has 1 aliphatic heterocycles. The Hall–Kier alpha value is -3.39. The number of hydrogen-bond donors (Lipinski definition) is 0. The molecule has 2 amide bonds. The van der Waals surface area contributed by atoms with Crippen LogP contribution in [0.25, 0.3) is 0 Å². The molecule has 5 heteroatoms. The third-order valence-electron chi connectivity index (χ3n) is 4.22. The summed E-state index contributed by atoms with van der Waals surface area (Å²) in [7, 11) is 0.